The van der Waals surface area contributed by atoms with Crippen molar-refractivity contribution in [3.05, 3.63) is 47.5 Å². The van der Waals surface area contributed by atoms with Gasteiger partial charge in [-0.25, -0.2) is 4.79 Å². The number of carbonyl (C=O) groups is 3. The monoisotopic (exact) mass is 484 g/mol. The summed E-state index contributed by atoms with van der Waals surface area (Å²) >= 11 is 6.06. The zero-order valence-corrected chi connectivity index (χ0v) is 19.1. The van der Waals surface area contributed by atoms with Gasteiger partial charge in [0, 0.05) is 28.5 Å². The normalized spacial score (nSPS) is 23.0. The molecule has 0 bridgehead atoms. The van der Waals surface area contributed by atoms with Crippen LogP contribution in [0.2, 0.25) is 5.02 Å². The van der Waals surface area contributed by atoms with Crippen LogP contribution in [0.25, 0.3) is 0 Å². The van der Waals surface area contributed by atoms with Crippen LogP contribution in [0.15, 0.2) is 42.5 Å². The third-order valence-corrected chi connectivity index (χ3v) is 6.63. The van der Waals surface area contributed by atoms with E-state index in [2.05, 4.69) is 16.0 Å². The highest BCUT2D eigenvalue weighted by Crippen LogP contribution is 2.35. The number of anilines is 2. The molecule has 9 nitrogen and oxygen atoms in total. The largest absolute Gasteiger partial charge is 0.454 e. The standard InChI is InChI=1S/C24H25ClN4O5/c25-14-4-3-5-15(10-14)27-24(32)29-18-7-2-1-6-17(18)28-23(31)19(29)12-22(30)26-16-8-9-20-21(11-16)34-13-33-20/h3-5,8-11,17-19H,1-2,6-7,12-13H2,(H,26,30)(H,27,32)(H,28,31)/t17-,18-,19+/m0/s1. The zero-order valence-electron chi connectivity index (χ0n) is 18.4. The quantitative estimate of drug-likeness (QED) is 0.612. The summed E-state index contributed by atoms with van der Waals surface area (Å²) in [6, 6.07) is 10.2. The van der Waals surface area contributed by atoms with Crippen LogP contribution in [0.4, 0.5) is 16.2 Å². The number of amides is 4. The topological polar surface area (TPSA) is 109 Å². The van der Waals surface area contributed by atoms with E-state index in [0.29, 0.717) is 27.9 Å². The van der Waals surface area contributed by atoms with E-state index in [9.17, 15) is 14.4 Å². The fourth-order valence-corrected chi connectivity index (χ4v) is 5.04. The number of halogens is 1. The van der Waals surface area contributed by atoms with Crippen molar-refractivity contribution in [3.8, 4) is 11.5 Å². The van der Waals surface area contributed by atoms with Gasteiger partial charge in [-0.05, 0) is 43.2 Å². The van der Waals surface area contributed by atoms with Gasteiger partial charge in [-0.3, -0.25) is 9.59 Å². The lowest BCUT2D eigenvalue weighted by atomic mass is 9.85. The number of carbonyl (C=O) groups excluding carboxylic acids is 3. The predicted molar refractivity (Wildman–Crippen MR) is 126 cm³/mol. The summed E-state index contributed by atoms with van der Waals surface area (Å²) in [7, 11) is 0. The van der Waals surface area contributed by atoms with Gasteiger partial charge in [0.2, 0.25) is 18.6 Å². The van der Waals surface area contributed by atoms with Crippen molar-refractivity contribution in [2.24, 2.45) is 0 Å². The van der Waals surface area contributed by atoms with Crippen LogP contribution in [-0.2, 0) is 9.59 Å². The number of piperazine rings is 1. The van der Waals surface area contributed by atoms with Crippen molar-refractivity contribution in [1.82, 2.24) is 10.2 Å². The van der Waals surface area contributed by atoms with Crippen LogP contribution >= 0.6 is 11.6 Å². The van der Waals surface area contributed by atoms with Crippen LogP contribution in [0.3, 0.4) is 0 Å². The Bertz CT molecular complexity index is 1130. The second-order valence-electron chi connectivity index (χ2n) is 8.65. The molecule has 4 amide bonds. The van der Waals surface area contributed by atoms with Crippen LogP contribution in [-0.4, -0.2) is 47.7 Å². The average molecular weight is 485 g/mol. The average Bonchev–Trinajstić information content (AvgIpc) is 3.27. The molecule has 10 heteroatoms. The molecule has 2 aromatic carbocycles. The summed E-state index contributed by atoms with van der Waals surface area (Å²) < 4.78 is 10.6. The van der Waals surface area contributed by atoms with E-state index >= 15 is 0 Å². The minimum absolute atomic E-state index is 0.125. The SMILES string of the molecule is O=C(C[C@@H]1C(=O)N[C@H]2CCCC[C@@H]2N1C(=O)Nc1cccc(Cl)c1)Nc1ccc2c(c1)OCO2. The van der Waals surface area contributed by atoms with Crippen molar-refractivity contribution in [1.29, 1.82) is 0 Å². The zero-order chi connectivity index (χ0) is 23.7. The summed E-state index contributed by atoms with van der Waals surface area (Å²) in [6.07, 6.45) is 3.32. The third kappa shape index (κ3) is 4.61. The van der Waals surface area contributed by atoms with Gasteiger partial charge in [0.05, 0.1) is 12.5 Å². The van der Waals surface area contributed by atoms with Gasteiger partial charge >= 0.3 is 6.03 Å². The molecule has 3 N–H and O–H groups in total. The van der Waals surface area contributed by atoms with Crippen LogP contribution in [0.1, 0.15) is 32.1 Å². The third-order valence-electron chi connectivity index (χ3n) is 6.40. The molecule has 1 saturated carbocycles. The number of hydrogen-bond acceptors (Lipinski definition) is 5. The van der Waals surface area contributed by atoms with Crippen molar-refractivity contribution in [3.63, 3.8) is 0 Å². The Labute approximate surface area is 201 Å². The molecular weight excluding hydrogens is 460 g/mol. The van der Waals surface area contributed by atoms with Gasteiger partial charge in [0.25, 0.3) is 0 Å². The molecule has 1 saturated heterocycles. The number of ether oxygens (including phenoxy) is 2. The van der Waals surface area contributed by atoms with Gasteiger partial charge in [0.1, 0.15) is 6.04 Å². The summed E-state index contributed by atoms with van der Waals surface area (Å²) in [6.45, 7) is 0.133. The molecular formula is C24H25ClN4O5. The fraction of sp³-hybridized carbons (Fsp3) is 0.375. The number of nitrogens with zero attached hydrogens (tertiary/aromatic N) is 1. The molecule has 2 heterocycles. The molecule has 2 aliphatic heterocycles. The number of urea groups is 1. The van der Waals surface area contributed by atoms with Gasteiger partial charge in [-0.2, -0.15) is 0 Å². The molecule has 0 unspecified atom stereocenters. The van der Waals surface area contributed by atoms with Gasteiger partial charge in [-0.15, -0.1) is 0 Å². The smallest absolute Gasteiger partial charge is 0.322 e. The van der Waals surface area contributed by atoms with Gasteiger partial charge in [-0.1, -0.05) is 30.5 Å². The molecule has 178 valence electrons. The summed E-state index contributed by atoms with van der Waals surface area (Å²) in [5.41, 5.74) is 1.05. The van der Waals surface area contributed by atoms with E-state index in [-0.39, 0.29) is 37.1 Å². The Kier molecular flexibility index (Phi) is 6.19. The van der Waals surface area contributed by atoms with E-state index in [0.717, 1.165) is 25.7 Å². The van der Waals surface area contributed by atoms with Gasteiger partial charge in [0.15, 0.2) is 11.5 Å². The molecule has 0 spiro atoms. The summed E-state index contributed by atoms with van der Waals surface area (Å²) in [4.78, 5) is 40.9. The first-order valence-corrected chi connectivity index (χ1v) is 11.7. The maximum absolute atomic E-state index is 13.4. The molecule has 0 aromatic heterocycles. The Balaban J connectivity index is 1.35. The minimum atomic E-state index is -0.937. The fourth-order valence-electron chi connectivity index (χ4n) is 4.85. The molecule has 5 rings (SSSR count). The Morgan fingerprint density at radius 2 is 1.82 bits per heavy atom. The van der Waals surface area contributed by atoms with Gasteiger partial charge < -0.3 is 30.3 Å². The molecule has 3 atom stereocenters. The summed E-state index contributed by atoms with van der Waals surface area (Å²) in [5, 5.41) is 9.17. The molecule has 3 aliphatic rings. The Morgan fingerprint density at radius 1 is 1.03 bits per heavy atom. The molecule has 1 aliphatic carbocycles. The van der Waals surface area contributed by atoms with E-state index in [1.54, 1.807) is 47.4 Å². The number of hydrogen-bond donors (Lipinski definition) is 3. The second-order valence-corrected chi connectivity index (χ2v) is 9.09. The molecule has 0 radical (unpaired) electrons. The minimum Gasteiger partial charge on any atom is -0.454 e. The number of nitrogens with one attached hydrogen (secondary N) is 3. The van der Waals surface area contributed by atoms with E-state index in [1.807, 2.05) is 0 Å². The second kappa shape index (κ2) is 9.42. The van der Waals surface area contributed by atoms with Crippen LogP contribution in [0.5, 0.6) is 11.5 Å². The summed E-state index contributed by atoms with van der Waals surface area (Å²) in [5.74, 6) is 0.441. The van der Waals surface area contributed by atoms with Crippen LogP contribution < -0.4 is 25.4 Å². The van der Waals surface area contributed by atoms with E-state index < -0.39 is 12.1 Å². The first-order chi connectivity index (χ1) is 16.5. The molecule has 34 heavy (non-hydrogen) atoms. The number of benzene rings is 2. The predicted octanol–water partition coefficient (Wildman–Crippen LogP) is 3.74. The van der Waals surface area contributed by atoms with Crippen molar-refractivity contribution in [2.45, 2.75) is 50.2 Å². The van der Waals surface area contributed by atoms with Crippen molar-refractivity contribution >= 4 is 40.8 Å². The highest BCUT2D eigenvalue weighted by Gasteiger charge is 2.46. The first-order valence-electron chi connectivity index (χ1n) is 11.3. The lowest BCUT2D eigenvalue weighted by Crippen LogP contribution is -2.68. The van der Waals surface area contributed by atoms with Crippen LogP contribution in [0, 0.1) is 0 Å². The van der Waals surface area contributed by atoms with E-state index in [1.165, 1.54) is 0 Å². The van der Waals surface area contributed by atoms with Crippen molar-refractivity contribution in [2.75, 3.05) is 17.4 Å². The van der Waals surface area contributed by atoms with E-state index in [4.69, 9.17) is 21.1 Å². The number of rotatable bonds is 4. The lowest BCUT2D eigenvalue weighted by molar-refractivity contribution is -0.135. The Hall–Kier alpha value is -3.46. The number of fused-ring (bicyclic) bond motifs is 2. The maximum Gasteiger partial charge on any atom is 0.322 e. The molecule has 2 aromatic rings. The molecule has 2 fully saturated rings. The highest BCUT2D eigenvalue weighted by atomic mass is 35.5. The Morgan fingerprint density at radius 3 is 2.68 bits per heavy atom. The maximum atomic E-state index is 13.4. The highest BCUT2D eigenvalue weighted by molar-refractivity contribution is 6.30. The lowest BCUT2D eigenvalue weighted by Gasteiger charge is -2.47. The van der Waals surface area contributed by atoms with Crippen molar-refractivity contribution < 1.29 is 23.9 Å². The first kappa shape index (κ1) is 22.3.